The topological polar surface area (TPSA) is 66.8 Å². The number of amides is 1. The number of halogens is 1. The van der Waals surface area contributed by atoms with Gasteiger partial charge >= 0.3 is 12.1 Å². The van der Waals surface area contributed by atoms with Gasteiger partial charge in [0.2, 0.25) is 0 Å². The number of aryl methyl sites for hydroxylation is 1. The van der Waals surface area contributed by atoms with Gasteiger partial charge in [-0.3, -0.25) is 4.79 Å². The molecule has 1 N–H and O–H groups in total. The molecular weight excluding hydrogens is 421 g/mol. The zero-order valence-electron chi connectivity index (χ0n) is 18.2. The van der Waals surface area contributed by atoms with Crippen LogP contribution in [0, 0.1) is 18.7 Å². The molecule has 0 spiro atoms. The molecular formula is C27H24FNO4. The van der Waals surface area contributed by atoms with E-state index in [9.17, 15) is 19.1 Å². The van der Waals surface area contributed by atoms with Gasteiger partial charge in [-0.25, -0.2) is 9.18 Å². The van der Waals surface area contributed by atoms with E-state index in [0.29, 0.717) is 5.56 Å². The Hall–Kier alpha value is -3.67. The van der Waals surface area contributed by atoms with Gasteiger partial charge in [0.05, 0.1) is 5.92 Å². The van der Waals surface area contributed by atoms with Gasteiger partial charge in [0.1, 0.15) is 12.4 Å². The standard InChI is InChI=1S/C27H24FNO4/c1-16-10-11-17(28)12-22(16)23-13-29(14-24(23)26(30)31)27(32)33-15-25-20-8-4-2-6-18(20)19-7-3-5-9-21(19)25/h2-12,23-25H,13-15H2,1H3,(H,30,31). The zero-order chi connectivity index (χ0) is 23.1. The molecule has 1 fully saturated rings. The molecule has 2 aliphatic rings. The van der Waals surface area contributed by atoms with Crippen LogP contribution in [0.2, 0.25) is 0 Å². The molecule has 0 saturated carbocycles. The number of aliphatic carboxylic acids is 1. The Balaban J connectivity index is 1.34. The second-order valence-corrected chi connectivity index (χ2v) is 8.76. The minimum atomic E-state index is -1.00. The highest BCUT2D eigenvalue weighted by Gasteiger charge is 2.42. The van der Waals surface area contributed by atoms with Gasteiger partial charge < -0.3 is 14.7 Å². The largest absolute Gasteiger partial charge is 0.481 e. The van der Waals surface area contributed by atoms with Crippen molar-refractivity contribution in [3.63, 3.8) is 0 Å². The Morgan fingerprint density at radius 2 is 1.61 bits per heavy atom. The third-order valence-electron chi connectivity index (χ3n) is 6.87. The number of carbonyl (C=O) groups excluding carboxylic acids is 1. The summed E-state index contributed by atoms with van der Waals surface area (Å²) >= 11 is 0. The lowest BCUT2D eigenvalue weighted by Gasteiger charge is -2.20. The second kappa shape index (κ2) is 8.35. The van der Waals surface area contributed by atoms with E-state index in [4.69, 9.17) is 4.74 Å². The Morgan fingerprint density at radius 1 is 0.970 bits per heavy atom. The summed E-state index contributed by atoms with van der Waals surface area (Å²) in [4.78, 5) is 26.3. The van der Waals surface area contributed by atoms with Gasteiger partial charge in [0.25, 0.3) is 0 Å². The molecule has 1 heterocycles. The van der Waals surface area contributed by atoms with Gasteiger partial charge in [0.15, 0.2) is 0 Å². The molecule has 5 nitrogen and oxygen atoms in total. The van der Waals surface area contributed by atoms with E-state index in [1.54, 1.807) is 6.07 Å². The Morgan fingerprint density at radius 3 is 2.24 bits per heavy atom. The van der Waals surface area contributed by atoms with E-state index >= 15 is 0 Å². The summed E-state index contributed by atoms with van der Waals surface area (Å²) in [7, 11) is 0. The Kier molecular flexibility index (Phi) is 5.36. The number of hydrogen-bond acceptors (Lipinski definition) is 3. The number of fused-ring (bicyclic) bond motifs is 3. The van der Waals surface area contributed by atoms with Crippen LogP contribution in [0.15, 0.2) is 66.7 Å². The zero-order valence-corrected chi connectivity index (χ0v) is 18.2. The monoisotopic (exact) mass is 445 g/mol. The number of rotatable bonds is 4. The average Bonchev–Trinajstić information content (AvgIpc) is 3.40. The lowest BCUT2D eigenvalue weighted by atomic mass is 9.86. The Bertz CT molecular complexity index is 1190. The third kappa shape index (κ3) is 3.75. The minimum absolute atomic E-state index is 0.0344. The number of benzene rings is 3. The quantitative estimate of drug-likeness (QED) is 0.601. The Labute approximate surface area is 191 Å². The van der Waals surface area contributed by atoms with Gasteiger partial charge in [-0.1, -0.05) is 54.6 Å². The number of likely N-dealkylation sites (tertiary alicyclic amines) is 1. The highest BCUT2D eigenvalue weighted by atomic mass is 19.1. The van der Waals surface area contributed by atoms with Crippen LogP contribution in [0.1, 0.15) is 34.1 Å². The summed E-state index contributed by atoms with van der Waals surface area (Å²) in [6.45, 7) is 2.21. The molecule has 33 heavy (non-hydrogen) atoms. The molecule has 1 amide bonds. The summed E-state index contributed by atoms with van der Waals surface area (Å²) in [6.07, 6.45) is -0.542. The fourth-order valence-electron chi connectivity index (χ4n) is 5.21. The lowest BCUT2D eigenvalue weighted by Crippen LogP contribution is -2.31. The third-order valence-corrected chi connectivity index (χ3v) is 6.87. The smallest absolute Gasteiger partial charge is 0.409 e. The second-order valence-electron chi connectivity index (χ2n) is 8.76. The van der Waals surface area contributed by atoms with E-state index in [0.717, 1.165) is 27.8 Å². The van der Waals surface area contributed by atoms with Crippen LogP contribution in [0.25, 0.3) is 11.1 Å². The van der Waals surface area contributed by atoms with Crippen molar-refractivity contribution >= 4 is 12.1 Å². The number of ether oxygens (including phenoxy) is 1. The first-order valence-electron chi connectivity index (χ1n) is 11.0. The van der Waals surface area contributed by atoms with E-state index in [2.05, 4.69) is 12.1 Å². The van der Waals surface area contributed by atoms with Crippen molar-refractivity contribution in [1.82, 2.24) is 4.90 Å². The van der Waals surface area contributed by atoms with Crippen LogP contribution in [0.5, 0.6) is 0 Å². The van der Waals surface area contributed by atoms with E-state index in [1.165, 1.54) is 17.0 Å². The van der Waals surface area contributed by atoms with Crippen molar-refractivity contribution in [2.75, 3.05) is 19.7 Å². The average molecular weight is 445 g/mol. The molecule has 6 heteroatoms. The van der Waals surface area contributed by atoms with Crippen molar-refractivity contribution < 1.29 is 23.8 Å². The van der Waals surface area contributed by atoms with E-state index < -0.39 is 29.7 Å². The van der Waals surface area contributed by atoms with E-state index in [-0.39, 0.29) is 25.6 Å². The summed E-state index contributed by atoms with van der Waals surface area (Å²) in [5, 5.41) is 9.75. The van der Waals surface area contributed by atoms with Gasteiger partial charge in [-0.15, -0.1) is 0 Å². The molecule has 0 radical (unpaired) electrons. The molecule has 168 valence electrons. The van der Waals surface area contributed by atoms with Crippen LogP contribution in [0.3, 0.4) is 0 Å². The molecule has 3 aromatic carbocycles. The predicted octanol–water partition coefficient (Wildman–Crippen LogP) is 5.18. The van der Waals surface area contributed by atoms with Crippen LogP contribution in [-0.4, -0.2) is 41.8 Å². The van der Waals surface area contributed by atoms with Crippen molar-refractivity contribution in [2.24, 2.45) is 5.92 Å². The summed E-state index contributed by atoms with van der Waals surface area (Å²) < 4.78 is 19.6. The predicted molar refractivity (Wildman–Crippen MR) is 122 cm³/mol. The SMILES string of the molecule is Cc1ccc(F)cc1C1CN(C(=O)OCC2c3ccccc3-c3ccccc32)CC1C(=O)O. The number of carbonyl (C=O) groups is 2. The molecule has 3 aromatic rings. The normalized spacial score (nSPS) is 19.3. The van der Waals surface area contributed by atoms with Gasteiger partial charge in [-0.05, 0) is 52.4 Å². The summed E-state index contributed by atoms with van der Waals surface area (Å²) in [6, 6.07) is 20.5. The fourth-order valence-corrected chi connectivity index (χ4v) is 5.21. The molecule has 0 aromatic heterocycles. The van der Waals surface area contributed by atoms with Gasteiger partial charge in [-0.2, -0.15) is 0 Å². The van der Waals surface area contributed by atoms with Crippen LogP contribution in [0.4, 0.5) is 9.18 Å². The van der Waals surface area contributed by atoms with Crippen LogP contribution in [-0.2, 0) is 9.53 Å². The molecule has 1 saturated heterocycles. The lowest BCUT2D eigenvalue weighted by molar-refractivity contribution is -0.141. The van der Waals surface area contributed by atoms with Crippen molar-refractivity contribution in [3.05, 3.63) is 94.8 Å². The van der Waals surface area contributed by atoms with Crippen LogP contribution >= 0.6 is 0 Å². The highest BCUT2D eigenvalue weighted by molar-refractivity contribution is 5.79. The summed E-state index contributed by atoms with van der Waals surface area (Å²) in [5.41, 5.74) is 5.94. The number of carboxylic acid groups (broad SMARTS) is 1. The molecule has 2 unspecified atom stereocenters. The molecule has 5 rings (SSSR count). The molecule has 0 bridgehead atoms. The van der Waals surface area contributed by atoms with E-state index in [1.807, 2.05) is 43.3 Å². The van der Waals surface area contributed by atoms with Crippen LogP contribution < -0.4 is 0 Å². The molecule has 1 aliphatic carbocycles. The molecule has 1 aliphatic heterocycles. The first-order chi connectivity index (χ1) is 15.9. The number of carboxylic acids is 1. The van der Waals surface area contributed by atoms with Crippen molar-refractivity contribution in [3.8, 4) is 11.1 Å². The van der Waals surface area contributed by atoms with Gasteiger partial charge in [0, 0.05) is 24.9 Å². The minimum Gasteiger partial charge on any atom is -0.481 e. The molecule has 2 atom stereocenters. The number of nitrogens with zero attached hydrogens (tertiary/aromatic N) is 1. The van der Waals surface area contributed by atoms with Crippen molar-refractivity contribution in [1.29, 1.82) is 0 Å². The highest BCUT2D eigenvalue weighted by Crippen LogP contribution is 2.44. The fraction of sp³-hybridized carbons (Fsp3) is 0.259. The first kappa shape index (κ1) is 21.2. The number of hydrogen-bond donors (Lipinski definition) is 1. The maximum Gasteiger partial charge on any atom is 0.409 e. The van der Waals surface area contributed by atoms with Crippen molar-refractivity contribution in [2.45, 2.75) is 18.8 Å². The maximum atomic E-state index is 13.9. The maximum absolute atomic E-state index is 13.9. The summed E-state index contributed by atoms with van der Waals surface area (Å²) in [5.74, 6) is -2.79. The first-order valence-corrected chi connectivity index (χ1v) is 11.0.